The molecular weight excluding hydrogens is 274 g/mol. The summed E-state index contributed by atoms with van der Waals surface area (Å²) in [4.78, 5) is 13.7. The molecule has 0 bridgehead atoms. The first-order chi connectivity index (χ1) is 8.58. The van der Waals surface area contributed by atoms with E-state index in [9.17, 15) is 13.6 Å². The van der Waals surface area contributed by atoms with Crippen molar-refractivity contribution in [2.45, 2.75) is 19.4 Å². The molecule has 6 heteroatoms. The van der Waals surface area contributed by atoms with Crippen LogP contribution >= 0.6 is 12.4 Å². The number of carbonyl (C=O) groups is 1. The summed E-state index contributed by atoms with van der Waals surface area (Å²) in [6.07, 6.45) is -0.0870. The number of hydrogen-bond donors (Lipinski definition) is 1. The Kier molecular flexibility index (Phi) is 5.69. The van der Waals surface area contributed by atoms with Crippen LogP contribution < -0.4 is 5.32 Å². The van der Waals surface area contributed by atoms with Gasteiger partial charge in [-0.2, -0.15) is 0 Å². The van der Waals surface area contributed by atoms with E-state index in [1.807, 2.05) is 6.92 Å². The molecule has 0 saturated carbocycles. The molecule has 106 valence electrons. The van der Waals surface area contributed by atoms with Crippen molar-refractivity contribution in [1.29, 1.82) is 0 Å². The number of hydrogen-bond acceptors (Lipinski definition) is 2. The molecule has 2 rings (SSSR count). The fraction of sp³-hybridized carbons (Fsp3) is 0.462. The topological polar surface area (TPSA) is 32.3 Å². The number of rotatable bonds is 2. The summed E-state index contributed by atoms with van der Waals surface area (Å²) in [5, 5.41) is 3.22. The summed E-state index contributed by atoms with van der Waals surface area (Å²) in [6, 6.07) is 4.15. The lowest BCUT2D eigenvalue weighted by Crippen LogP contribution is -2.51. The molecule has 1 aliphatic rings. The summed E-state index contributed by atoms with van der Waals surface area (Å²) in [5.41, 5.74) is 0.117. The average molecular weight is 291 g/mol. The highest BCUT2D eigenvalue weighted by Crippen LogP contribution is 2.13. The molecule has 1 aliphatic heterocycles. The molecule has 1 aromatic carbocycles. The molecule has 1 heterocycles. The van der Waals surface area contributed by atoms with Crippen LogP contribution in [0, 0.1) is 11.6 Å². The van der Waals surface area contributed by atoms with Crippen LogP contribution in [0.4, 0.5) is 8.78 Å². The second-order valence-electron chi connectivity index (χ2n) is 4.58. The summed E-state index contributed by atoms with van der Waals surface area (Å²) < 4.78 is 26.5. The minimum atomic E-state index is -0.922. The van der Waals surface area contributed by atoms with E-state index < -0.39 is 11.6 Å². The zero-order valence-corrected chi connectivity index (χ0v) is 11.5. The molecule has 0 aromatic heterocycles. The Bertz CT molecular complexity index is 456. The molecule has 0 radical (unpaired) electrons. The monoisotopic (exact) mass is 290 g/mol. The third-order valence-electron chi connectivity index (χ3n) is 3.09. The van der Waals surface area contributed by atoms with E-state index in [4.69, 9.17) is 0 Å². The van der Waals surface area contributed by atoms with E-state index in [1.165, 1.54) is 12.1 Å². The van der Waals surface area contributed by atoms with Crippen LogP contribution in [0.5, 0.6) is 0 Å². The van der Waals surface area contributed by atoms with Gasteiger partial charge in [-0.1, -0.05) is 12.1 Å². The van der Waals surface area contributed by atoms with Crippen LogP contribution in [0.15, 0.2) is 18.2 Å². The van der Waals surface area contributed by atoms with Crippen LogP contribution in [-0.4, -0.2) is 36.5 Å². The first-order valence-electron chi connectivity index (χ1n) is 6.02. The van der Waals surface area contributed by atoms with Gasteiger partial charge in [0.15, 0.2) is 11.6 Å². The van der Waals surface area contributed by atoms with Crippen LogP contribution in [0.1, 0.15) is 12.5 Å². The molecule has 1 atom stereocenters. The minimum Gasteiger partial charge on any atom is -0.340 e. The van der Waals surface area contributed by atoms with Gasteiger partial charge in [-0.3, -0.25) is 4.79 Å². The van der Waals surface area contributed by atoms with Crippen LogP contribution in [0.2, 0.25) is 0 Å². The highest BCUT2D eigenvalue weighted by atomic mass is 35.5. The van der Waals surface area contributed by atoms with Crippen molar-refractivity contribution < 1.29 is 13.6 Å². The van der Waals surface area contributed by atoms with Gasteiger partial charge < -0.3 is 10.2 Å². The average Bonchev–Trinajstić information content (AvgIpc) is 2.35. The number of halogens is 3. The van der Waals surface area contributed by atoms with Gasteiger partial charge in [0.25, 0.3) is 0 Å². The van der Waals surface area contributed by atoms with Crippen molar-refractivity contribution >= 4 is 18.3 Å². The number of nitrogens with zero attached hydrogens (tertiary/aromatic N) is 1. The lowest BCUT2D eigenvalue weighted by atomic mass is 10.1. The normalized spacial score (nSPS) is 18.9. The molecule has 1 N–H and O–H groups in total. The Morgan fingerprint density at radius 3 is 2.89 bits per heavy atom. The summed E-state index contributed by atoms with van der Waals surface area (Å²) >= 11 is 0. The molecule has 3 nitrogen and oxygen atoms in total. The fourth-order valence-corrected chi connectivity index (χ4v) is 2.12. The highest BCUT2D eigenvalue weighted by molar-refractivity contribution is 5.85. The summed E-state index contributed by atoms with van der Waals surface area (Å²) in [5.74, 6) is -1.99. The minimum absolute atomic E-state index is 0. The quantitative estimate of drug-likeness (QED) is 0.900. The first kappa shape index (κ1) is 15.9. The van der Waals surface area contributed by atoms with Gasteiger partial charge >= 0.3 is 0 Å². The molecule has 0 aliphatic carbocycles. The van der Waals surface area contributed by atoms with Gasteiger partial charge in [-0.05, 0) is 13.0 Å². The van der Waals surface area contributed by atoms with E-state index in [1.54, 1.807) is 4.90 Å². The van der Waals surface area contributed by atoms with E-state index in [2.05, 4.69) is 5.32 Å². The van der Waals surface area contributed by atoms with Crippen molar-refractivity contribution in [3.05, 3.63) is 35.4 Å². The summed E-state index contributed by atoms with van der Waals surface area (Å²) in [6.45, 7) is 3.94. The Balaban J connectivity index is 0.00000180. The molecule has 1 fully saturated rings. The summed E-state index contributed by atoms with van der Waals surface area (Å²) in [7, 11) is 0. The Hall–Kier alpha value is -1.20. The van der Waals surface area contributed by atoms with Crippen molar-refractivity contribution in [2.75, 3.05) is 19.6 Å². The number of carbonyl (C=O) groups excluding carboxylic acids is 1. The number of benzene rings is 1. The van der Waals surface area contributed by atoms with E-state index in [0.717, 1.165) is 12.6 Å². The zero-order chi connectivity index (χ0) is 13.1. The maximum atomic E-state index is 13.4. The maximum absolute atomic E-state index is 13.4. The maximum Gasteiger partial charge on any atom is 0.227 e. The van der Waals surface area contributed by atoms with Crippen LogP contribution in [-0.2, 0) is 11.2 Å². The lowest BCUT2D eigenvalue weighted by Gasteiger charge is -2.32. The lowest BCUT2D eigenvalue weighted by molar-refractivity contribution is -0.131. The number of piperazine rings is 1. The number of amides is 1. The number of nitrogens with one attached hydrogen (secondary N) is 1. The largest absolute Gasteiger partial charge is 0.340 e. The highest BCUT2D eigenvalue weighted by Gasteiger charge is 2.21. The van der Waals surface area contributed by atoms with Gasteiger partial charge in [-0.15, -0.1) is 12.4 Å². The van der Waals surface area contributed by atoms with Crippen molar-refractivity contribution in [3.63, 3.8) is 0 Å². The van der Waals surface area contributed by atoms with Gasteiger partial charge in [-0.25, -0.2) is 8.78 Å². The molecule has 0 unspecified atom stereocenters. The van der Waals surface area contributed by atoms with E-state index >= 15 is 0 Å². The van der Waals surface area contributed by atoms with Crippen molar-refractivity contribution in [2.24, 2.45) is 0 Å². The molecule has 0 spiro atoms. The Labute approximate surface area is 117 Å². The second-order valence-corrected chi connectivity index (χ2v) is 4.58. The van der Waals surface area contributed by atoms with Crippen molar-refractivity contribution in [3.8, 4) is 0 Å². The molecule has 1 amide bonds. The molecular formula is C13H17ClF2N2O. The van der Waals surface area contributed by atoms with E-state index in [0.29, 0.717) is 13.1 Å². The van der Waals surface area contributed by atoms with E-state index in [-0.39, 0.29) is 36.3 Å². The van der Waals surface area contributed by atoms with Gasteiger partial charge in [0.2, 0.25) is 5.91 Å². The van der Waals surface area contributed by atoms with Gasteiger partial charge in [0.1, 0.15) is 0 Å². The molecule has 1 aromatic rings. The third-order valence-corrected chi connectivity index (χ3v) is 3.09. The third kappa shape index (κ3) is 3.88. The standard InChI is InChI=1S/C13H16F2N2O.ClH/c1-9-8-17(6-5-16-9)12(18)7-10-3-2-4-11(14)13(10)15;/h2-4,9,16H,5-8H2,1H3;1H/t9-;/m0./s1. The van der Waals surface area contributed by atoms with Gasteiger partial charge in [0, 0.05) is 31.2 Å². The van der Waals surface area contributed by atoms with Gasteiger partial charge in [0.05, 0.1) is 6.42 Å². The fourth-order valence-electron chi connectivity index (χ4n) is 2.12. The second kappa shape index (κ2) is 6.82. The first-order valence-corrected chi connectivity index (χ1v) is 6.02. The smallest absolute Gasteiger partial charge is 0.227 e. The van der Waals surface area contributed by atoms with Crippen LogP contribution in [0.3, 0.4) is 0 Å². The Morgan fingerprint density at radius 2 is 2.21 bits per heavy atom. The van der Waals surface area contributed by atoms with Crippen LogP contribution in [0.25, 0.3) is 0 Å². The predicted octanol–water partition coefficient (Wildman–Crippen LogP) is 1.75. The molecule has 1 saturated heterocycles. The van der Waals surface area contributed by atoms with Crippen molar-refractivity contribution in [1.82, 2.24) is 10.2 Å². The molecule has 19 heavy (non-hydrogen) atoms. The zero-order valence-electron chi connectivity index (χ0n) is 10.7. The SMILES string of the molecule is C[C@H]1CN(C(=O)Cc2cccc(F)c2F)CCN1.Cl. The Morgan fingerprint density at radius 1 is 1.47 bits per heavy atom. The predicted molar refractivity (Wildman–Crippen MR) is 71.4 cm³/mol.